The Kier molecular flexibility index (Phi) is 5.34. The summed E-state index contributed by atoms with van der Waals surface area (Å²) >= 11 is 0. The third-order valence-corrected chi connectivity index (χ3v) is 2.39. The lowest BCUT2D eigenvalue weighted by molar-refractivity contribution is -0.145. The number of esters is 1. The van der Waals surface area contributed by atoms with Crippen LogP contribution in [0.4, 0.5) is 4.39 Å². The Labute approximate surface area is 106 Å². The molecule has 0 aliphatic rings. The molecule has 0 saturated heterocycles. The maximum absolute atomic E-state index is 13.7. The quantitative estimate of drug-likeness (QED) is 0.640. The van der Waals surface area contributed by atoms with Crippen LogP contribution in [0.3, 0.4) is 0 Å². The lowest BCUT2D eigenvalue weighted by Crippen LogP contribution is -2.31. The summed E-state index contributed by atoms with van der Waals surface area (Å²) in [5.74, 6) is 1.37. The number of halogens is 1. The molecule has 0 aromatic heterocycles. The molecule has 0 bridgehead atoms. The molecule has 96 valence electrons. The van der Waals surface area contributed by atoms with E-state index in [1.165, 1.54) is 6.07 Å². The first-order valence-corrected chi connectivity index (χ1v) is 5.69. The summed E-state index contributed by atoms with van der Waals surface area (Å²) in [6.45, 7) is 3.92. The molecule has 0 heterocycles. The van der Waals surface area contributed by atoms with E-state index < -0.39 is 17.8 Å². The van der Waals surface area contributed by atoms with E-state index >= 15 is 0 Å². The van der Waals surface area contributed by atoms with Crippen LogP contribution >= 0.6 is 0 Å². The van der Waals surface area contributed by atoms with Crippen LogP contribution in [0.2, 0.25) is 0 Å². The summed E-state index contributed by atoms with van der Waals surface area (Å²) in [7, 11) is 0. The average Bonchev–Trinajstić information content (AvgIpc) is 2.34. The molecule has 1 unspecified atom stereocenters. The fraction of sp³-hybridized carbons (Fsp3) is 0.357. The number of rotatable bonds is 5. The topological polar surface area (TPSA) is 38.3 Å². The molecular weight excluding hydrogens is 233 g/mol. The second kappa shape index (κ2) is 6.77. The summed E-state index contributed by atoms with van der Waals surface area (Å²) in [5.41, 5.74) is 1.12. The summed E-state index contributed by atoms with van der Waals surface area (Å²) in [6, 6.07) is 3.71. The number of aryl methyl sites for hydroxylation is 1. The summed E-state index contributed by atoms with van der Waals surface area (Å²) in [6.07, 6.45) is 5.14. The van der Waals surface area contributed by atoms with Gasteiger partial charge in [-0.2, -0.15) is 0 Å². The molecule has 1 aromatic carbocycles. The zero-order valence-electron chi connectivity index (χ0n) is 10.5. The van der Waals surface area contributed by atoms with E-state index in [2.05, 4.69) is 11.2 Å². The fourth-order valence-corrected chi connectivity index (χ4v) is 1.59. The van der Waals surface area contributed by atoms with Gasteiger partial charge in [-0.15, -0.1) is 6.42 Å². The third kappa shape index (κ3) is 3.57. The van der Waals surface area contributed by atoms with Crippen molar-refractivity contribution in [3.63, 3.8) is 0 Å². The largest absolute Gasteiger partial charge is 0.465 e. The lowest BCUT2D eigenvalue weighted by atomic mass is 10.0. The van der Waals surface area contributed by atoms with Crippen molar-refractivity contribution in [1.29, 1.82) is 0 Å². The van der Waals surface area contributed by atoms with Gasteiger partial charge in [0.25, 0.3) is 0 Å². The highest BCUT2D eigenvalue weighted by molar-refractivity contribution is 5.77. The molecule has 0 spiro atoms. The van der Waals surface area contributed by atoms with Crippen molar-refractivity contribution >= 4 is 5.97 Å². The normalized spacial score (nSPS) is 11.7. The highest BCUT2D eigenvalue weighted by Crippen LogP contribution is 2.20. The minimum atomic E-state index is -0.874. The molecule has 0 aliphatic heterocycles. The van der Waals surface area contributed by atoms with Crippen molar-refractivity contribution in [3.05, 3.63) is 35.1 Å². The van der Waals surface area contributed by atoms with Gasteiger partial charge in [0, 0.05) is 5.56 Å². The molecule has 1 atom stereocenters. The van der Waals surface area contributed by atoms with Crippen LogP contribution in [0.5, 0.6) is 0 Å². The summed E-state index contributed by atoms with van der Waals surface area (Å²) in [5, 5.41) is 2.79. The number of nitrogens with one attached hydrogen (secondary N) is 1. The molecule has 0 saturated carbocycles. The average molecular weight is 249 g/mol. The van der Waals surface area contributed by atoms with Crippen molar-refractivity contribution < 1.29 is 13.9 Å². The van der Waals surface area contributed by atoms with E-state index in [1.807, 2.05) is 6.92 Å². The minimum Gasteiger partial charge on any atom is -0.465 e. The molecule has 0 fully saturated rings. The van der Waals surface area contributed by atoms with Gasteiger partial charge in [-0.05, 0) is 19.9 Å². The lowest BCUT2D eigenvalue weighted by Gasteiger charge is -2.17. The van der Waals surface area contributed by atoms with Gasteiger partial charge in [0.1, 0.15) is 11.9 Å². The smallest absolute Gasteiger partial charge is 0.327 e. The van der Waals surface area contributed by atoms with Crippen LogP contribution in [-0.4, -0.2) is 19.1 Å². The van der Waals surface area contributed by atoms with Crippen molar-refractivity contribution in [3.8, 4) is 12.3 Å². The van der Waals surface area contributed by atoms with Gasteiger partial charge in [-0.3, -0.25) is 5.32 Å². The molecular formula is C14H16FNO2. The summed E-state index contributed by atoms with van der Waals surface area (Å²) < 4.78 is 18.7. The Bertz CT molecular complexity index is 465. The molecule has 1 rings (SSSR count). The second-order valence-corrected chi connectivity index (χ2v) is 3.80. The molecule has 1 N–H and O–H groups in total. The fourth-order valence-electron chi connectivity index (χ4n) is 1.59. The van der Waals surface area contributed by atoms with Gasteiger partial charge in [0.15, 0.2) is 0 Å². The van der Waals surface area contributed by atoms with Crippen molar-refractivity contribution in [2.45, 2.75) is 19.9 Å². The molecule has 0 radical (unpaired) electrons. The minimum absolute atomic E-state index is 0.164. The van der Waals surface area contributed by atoms with Gasteiger partial charge in [-0.1, -0.05) is 23.6 Å². The zero-order chi connectivity index (χ0) is 13.5. The number of hydrogen-bond acceptors (Lipinski definition) is 3. The zero-order valence-corrected chi connectivity index (χ0v) is 10.5. The standard InChI is InChI=1S/C14H16FNO2/c1-4-8-16-13(14(17)18-5-2)11-9-10(3)6-7-12(11)15/h1,6-7,9,13,16H,5,8H2,2-3H3. The third-order valence-electron chi connectivity index (χ3n) is 2.39. The Hall–Kier alpha value is -1.86. The maximum atomic E-state index is 13.7. The van der Waals surface area contributed by atoms with Crippen molar-refractivity contribution in [1.82, 2.24) is 5.32 Å². The van der Waals surface area contributed by atoms with E-state index in [0.29, 0.717) is 0 Å². The van der Waals surface area contributed by atoms with Gasteiger partial charge < -0.3 is 4.74 Å². The number of carbonyl (C=O) groups excluding carboxylic acids is 1. The van der Waals surface area contributed by atoms with E-state index in [1.54, 1.807) is 19.1 Å². The SMILES string of the molecule is C#CCNC(C(=O)OCC)c1cc(C)ccc1F. The number of hydrogen-bond donors (Lipinski definition) is 1. The number of benzene rings is 1. The van der Waals surface area contributed by atoms with Crippen LogP contribution in [0, 0.1) is 25.1 Å². The van der Waals surface area contributed by atoms with Crippen LogP contribution < -0.4 is 5.32 Å². The van der Waals surface area contributed by atoms with Crippen LogP contribution in [0.15, 0.2) is 18.2 Å². The van der Waals surface area contributed by atoms with E-state index in [4.69, 9.17) is 11.2 Å². The predicted octanol–water partition coefficient (Wildman–Crippen LogP) is 1.96. The van der Waals surface area contributed by atoms with Gasteiger partial charge in [0.05, 0.1) is 13.2 Å². The van der Waals surface area contributed by atoms with Crippen LogP contribution in [-0.2, 0) is 9.53 Å². The Morgan fingerprint density at radius 3 is 2.94 bits per heavy atom. The highest BCUT2D eigenvalue weighted by atomic mass is 19.1. The van der Waals surface area contributed by atoms with Gasteiger partial charge in [0.2, 0.25) is 0 Å². The number of carbonyl (C=O) groups is 1. The Morgan fingerprint density at radius 2 is 2.33 bits per heavy atom. The van der Waals surface area contributed by atoms with Gasteiger partial charge in [-0.25, -0.2) is 9.18 Å². The predicted molar refractivity (Wildman–Crippen MR) is 67.3 cm³/mol. The summed E-state index contributed by atoms with van der Waals surface area (Å²) in [4.78, 5) is 11.8. The molecule has 0 amide bonds. The highest BCUT2D eigenvalue weighted by Gasteiger charge is 2.24. The van der Waals surface area contributed by atoms with E-state index in [9.17, 15) is 9.18 Å². The molecule has 1 aromatic rings. The molecule has 0 aliphatic carbocycles. The first-order valence-electron chi connectivity index (χ1n) is 5.69. The molecule has 4 heteroatoms. The maximum Gasteiger partial charge on any atom is 0.327 e. The number of terminal acetylenes is 1. The van der Waals surface area contributed by atoms with Crippen LogP contribution in [0.25, 0.3) is 0 Å². The van der Waals surface area contributed by atoms with E-state index in [-0.39, 0.29) is 18.7 Å². The molecule has 3 nitrogen and oxygen atoms in total. The molecule has 18 heavy (non-hydrogen) atoms. The van der Waals surface area contributed by atoms with E-state index in [0.717, 1.165) is 5.56 Å². The monoisotopic (exact) mass is 249 g/mol. The Morgan fingerprint density at radius 1 is 1.61 bits per heavy atom. The van der Waals surface area contributed by atoms with Crippen molar-refractivity contribution in [2.75, 3.05) is 13.2 Å². The first-order chi connectivity index (χ1) is 8.60. The van der Waals surface area contributed by atoms with Gasteiger partial charge >= 0.3 is 5.97 Å². The Balaban J connectivity index is 3.04. The first kappa shape index (κ1) is 14.2. The van der Waals surface area contributed by atoms with Crippen LogP contribution in [0.1, 0.15) is 24.1 Å². The number of ether oxygens (including phenoxy) is 1. The second-order valence-electron chi connectivity index (χ2n) is 3.80. The van der Waals surface area contributed by atoms with Crippen molar-refractivity contribution in [2.24, 2.45) is 0 Å².